The van der Waals surface area contributed by atoms with Crippen molar-refractivity contribution in [2.45, 2.75) is 43.9 Å². The molecule has 1 aliphatic rings. The molecule has 0 radical (unpaired) electrons. The predicted octanol–water partition coefficient (Wildman–Crippen LogP) is 4.08. The van der Waals surface area contributed by atoms with Gasteiger partial charge in [0.15, 0.2) is 9.84 Å². The molecular weight excluding hydrogens is 306 g/mol. The lowest BCUT2D eigenvalue weighted by Gasteiger charge is -2.27. The van der Waals surface area contributed by atoms with Crippen molar-refractivity contribution >= 4 is 27.1 Å². The fourth-order valence-corrected chi connectivity index (χ4v) is 4.91. The van der Waals surface area contributed by atoms with Gasteiger partial charge in [-0.2, -0.15) is 0 Å². The number of rotatable bonds is 7. The number of sulfone groups is 1. The maximum atomic E-state index is 12.3. The van der Waals surface area contributed by atoms with Gasteiger partial charge in [0.25, 0.3) is 0 Å². The SMILES string of the molecule is CCCS(=O)(=O)c1ccccc1NCC1(CCl)CCCC1. The van der Waals surface area contributed by atoms with Gasteiger partial charge in [-0.05, 0) is 31.4 Å². The molecule has 1 saturated carbocycles. The Kier molecular flexibility index (Phi) is 5.55. The van der Waals surface area contributed by atoms with E-state index in [1.54, 1.807) is 12.1 Å². The van der Waals surface area contributed by atoms with Crippen LogP contribution in [-0.2, 0) is 9.84 Å². The van der Waals surface area contributed by atoms with Gasteiger partial charge in [-0.3, -0.25) is 0 Å². The highest BCUT2D eigenvalue weighted by atomic mass is 35.5. The highest BCUT2D eigenvalue weighted by molar-refractivity contribution is 7.91. The van der Waals surface area contributed by atoms with E-state index in [9.17, 15) is 8.42 Å². The van der Waals surface area contributed by atoms with Gasteiger partial charge in [-0.25, -0.2) is 8.42 Å². The minimum Gasteiger partial charge on any atom is -0.383 e. The molecular formula is C16H24ClNO2S. The molecule has 1 aliphatic carbocycles. The van der Waals surface area contributed by atoms with Crippen molar-refractivity contribution in [3.05, 3.63) is 24.3 Å². The highest BCUT2D eigenvalue weighted by Gasteiger charge is 2.33. The average Bonchev–Trinajstić information content (AvgIpc) is 2.95. The summed E-state index contributed by atoms with van der Waals surface area (Å²) in [5.41, 5.74) is 0.825. The fourth-order valence-electron chi connectivity index (χ4n) is 3.03. The van der Waals surface area contributed by atoms with E-state index >= 15 is 0 Å². The van der Waals surface area contributed by atoms with Crippen LogP contribution in [0.1, 0.15) is 39.0 Å². The number of alkyl halides is 1. The van der Waals surface area contributed by atoms with Crippen LogP contribution >= 0.6 is 11.6 Å². The number of benzene rings is 1. The van der Waals surface area contributed by atoms with Gasteiger partial charge < -0.3 is 5.32 Å². The topological polar surface area (TPSA) is 46.2 Å². The van der Waals surface area contributed by atoms with E-state index in [1.165, 1.54) is 12.8 Å². The van der Waals surface area contributed by atoms with Crippen LogP contribution in [0, 0.1) is 5.41 Å². The van der Waals surface area contributed by atoms with Crippen molar-refractivity contribution in [2.75, 3.05) is 23.5 Å². The minimum atomic E-state index is -3.21. The zero-order valence-electron chi connectivity index (χ0n) is 12.6. The molecule has 0 bridgehead atoms. The van der Waals surface area contributed by atoms with E-state index in [1.807, 2.05) is 19.1 Å². The van der Waals surface area contributed by atoms with Crippen LogP contribution in [0.3, 0.4) is 0 Å². The lowest BCUT2D eigenvalue weighted by atomic mass is 9.88. The third-order valence-corrected chi connectivity index (χ3v) is 6.84. The Morgan fingerprint density at radius 1 is 1.24 bits per heavy atom. The summed E-state index contributed by atoms with van der Waals surface area (Å²) in [5, 5.41) is 3.35. The van der Waals surface area contributed by atoms with Crippen LogP contribution in [0.25, 0.3) is 0 Å². The van der Waals surface area contributed by atoms with Crippen LogP contribution in [-0.4, -0.2) is 26.6 Å². The van der Waals surface area contributed by atoms with Gasteiger partial charge in [0.1, 0.15) is 0 Å². The van der Waals surface area contributed by atoms with Gasteiger partial charge >= 0.3 is 0 Å². The van der Waals surface area contributed by atoms with Gasteiger partial charge in [0.05, 0.1) is 16.3 Å². The van der Waals surface area contributed by atoms with Crippen molar-refractivity contribution in [2.24, 2.45) is 5.41 Å². The third-order valence-electron chi connectivity index (χ3n) is 4.30. The molecule has 0 aliphatic heterocycles. The first-order valence-electron chi connectivity index (χ1n) is 7.65. The lowest BCUT2D eigenvalue weighted by molar-refractivity contribution is 0.368. The van der Waals surface area contributed by atoms with Crippen LogP contribution in [0.4, 0.5) is 5.69 Å². The third kappa shape index (κ3) is 3.92. The maximum absolute atomic E-state index is 12.3. The van der Waals surface area contributed by atoms with Crippen LogP contribution in [0.2, 0.25) is 0 Å². The Labute approximate surface area is 133 Å². The van der Waals surface area contributed by atoms with E-state index in [0.717, 1.165) is 19.4 Å². The molecule has 21 heavy (non-hydrogen) atoms. The van der Waals surface area contributed by atoms with E-state index in [0.29, 0.717) is 22.9 Å². The largest absolute Gasteiger partial charge is 0.383 e. The van der Waals surface area contributed by atoms with Crippen molar-refractivity contribution in [3.8, 4) is 0 Å². The maximum Gasteiger partial charge on any atom is 0.180 e. The van der Waals surface area contributed by atoms with Gasteiger partial charge in [-0.15, -0.1) is 11.6 Å². The van der Waals surface area contributed by atoms with E-state index < -0.39 is 9.84 Å². The Morgan fingerprint density at radius 3 is 2.52 bits per heavy atom. The van der Waals surface area contributed by atoms with E-state index in [2.05, 4.69) is 5.32 Å². The van der Waals surface area contributed by atoms with Gasteiger partial charge in [0, 0.05) is 17.8 Å². The van der Waals surface area contributed by atoms with Crippen LogP contribution in [0.15, 0.2) is 29.2 Å². The number of hydrogen-bond acceptors (Lipinski definition) is 3. The number of para-hydroxylation sites is 1. The first kappa shape index (κ1) is 16.6. The molecule has 3 nitrogen and oxygen atoms in total. The second kappa shape index (κ2) is 7.01. The smallest absolute Gasteiger partial charge is 0.180 e. The highest BCUT2D eigenvalue weighted by Crippen LogP contribution is 2.39. The predicted molar refractivity (Wildman–Crippen MR) is 88.9 cm³/mol. The lowest BCUT2D eigenvalue weighted by Crippen LogP contribution is -2.29. The Bertz CT molecular complexity index is 565. The zero-order chi connectivity index (χ0) is 15.3. The summed E-state index contributed by atoms with van der Waals surface area (Å²) in [7, 11) is -3.21. The molecule has 1 aromatic rings. The molecule has 0 aromatic heterocycles. The van der Waals surface area contributed by atoms with E-state index in [4.69, 9.17) is 11.6 Å². The zero-order valence-corrected chi connectivity index (χ0v) is 14.1. The second-order valence-electron chi connectivity index (χ2n) is 6.01. The molecule has 5 heteroatoms. The quantitative estimate of drug-likeness (QED) is 0.767. The fraction of sp³-hybridized carbons (Fsp3) is 0.625. The number of anilines is 1. The minimum absolute atomic E-state index is 0.114. The molecule has 1 fully saturated rings. The monoisotopic (exact) mass is 329 g/mol. The Balaban J connectivity index is 2.17. The molecule has 118 valence electrons. The van der Waals surface area contributed by atoms with Gasteiger partial charge in [0.2, 0.25) is 0 Å². The number of nitrogens with one attached hydrogen (secondary N) is 1. The van der Waals surface area contributed by atoms with Crippen molar-refractivity contribution < 1.29 is 8.42 Å². The summed E-state index contributed by atoms with van der Waals surface area (Å²) in [6.45, 7) is 2.63. The molecule has 0 atom stereocenters. The summed E-state index contributed by atoms with van der Waals surface area (Å²) in [6.07, 6.45) is 5.29. The standard InChI is InChI=1S/C16H24ClNO2S/c1-2-11-21(19,20)15-8-4-3-7-14(15)18-13-16(12-17)9-5-6-10-16/h3-4,7-8,18H,2,5-6,9-13H2,1H3. The summed E-state index contributed by atoms with van der Waals surface area (Å²) in [5.74, 6) is 0.816. The molecule has 0 amide bonds. The average molecular weight is 330 g/mol. The van der Waals surface area contributed by atoms with Gasteiger partial charge in [-0.1, -0.05) is 31.9 Å². The summed E-state index contributed by atoms with van der Waals surface area (Å²) in [6, 6.07) is 7.19. The normalized spacial score (nSPS) is 17.8. The molecule has 1 N–H and O–H groups in total. The van der Waals surface area contributed by atoms with Crippen LogP contribution < -0.4 is 5.32 Å². The Morgan fingerprint density at radius 2 is 1.90 bits per heavy atom. The second-order valence-corrected chi connectivity index (χ2v) is 8.35. The summed E-state index contributed by atoms with van der Waals surface area (Å²) >= 11 is 6.15. The van der Waals surface area contributed by atoms with Crippen molar-refractivity contribution in [1.82, 2.24) is 0 Å². The molecule has 0 heterocycles. The molecule has 0 saturated heterocycles. The molecule has 1 aromatic carbocycles. The molecule has 0 spiro atoms. The van der Waals surface area contributed by atoms with Crippen molar-refractivity contribution in [3.63, 3.8) is 0 Å². The number of halogens is 1. The van der Waals surface area contributed by atoms with E-state index in [-0.39, 0.29) is 11.2 Å². The number of hydrogen-bond donors (Lipinski definition) is 1. The Hall–Kier alpha value is -0.740. The summed E-state index contributed by atoms with van der Waals surface area (Å²) < 4.78 is 24.7. The summed E-state index contributed by atoms with van der Waals surface area (Å²) in [4.78, 5) is 0.412. The van der Waals surface area contributed by atoms with Crippen LogP contribution in [0.5, 0.6) is 0 Å². The first-order chi connectivity index (χ1) is 10.0. The molecule has 0 unspecified atom stereocenters. The van der Waals surface area contributed by atoms with Crippen molar-refractivity contribution in [1.29, 1.82) is 0 Å². The molecule has 2 rings (SSSR count). The first-order valence-corrected chi connectivity index (χ1v) is 9.83.